The van der Waals surface area contributed by atoms with Crippen molar-refractivity contribution in [2.24, 2.45) is 0 Å². The number of nitrogens with one attached hydrogen (secondary N) is 2. The molecule has 10 heteroatoms. The quantitative estimate of drug-likeness (QED) is 0.477. The number of carbonyl (C=O) groups excluding carboxylic acids is 3. The molecule has 4 heterocycles. The van der Waals surface area contributed by atoms with Crippen LogP contribution in [0.2, 0.25) is 0 Å². The fourth-order valence-electron chi connectivity index (χ4n) is 7.96. The number of nitrogens with zero attached hydrogens (tertiary/aromatic N) is 5. The highest BCUT2D eigenvalue weighted by molar-refractivity contribution is 5.91. The van der Waals surface area contributed by atoms with E-state index in [2.05, 4.69) is 65.6 Å². The zero-order chi connectivity index (χ0) is 32.9. The van der Waals surface area contributed by atoms with Crippen LogP contribution in [-0.4, -0.2) is 127 Å². The smallest absolute Gasteiger partial charge is 0.322 e. The lowest BCUT2D eigenvalue weighted by molar-refractivity contribution is -0.135. The van der Waals surface area contributed by atoms with Gasteiger partial charge in [-0.1, -0.05) is 43.3 Å². The van der Waals surface area contributed by atoms with E-state index in [0.717, 1.165) is 55.8 Å². The zero-order valence-corrected chi connectivity index (χ0v) is 28.5. The first-order chi connectivity index (χ1) is 22.8. The number of aryl methyl sites for hydroxylation is 2. The Kier molecular flexibility index (Phi) is 10.7. The first kappa shape index (κ1) is 33.3. The third-order valence-corrected chi connectivity index (χ3v) is 11.0. The highest BCUT2D eigenvalue weighted by Gasteiger charge is 2.35. The van der Waals surface area contributed by atoms with Crippen molar-refractivity contribution in [3.05, 3.63) is 64.7 Å². The van der Waals surface area contributed by atoms with E-state index in [9.17, 15) is 14.4 Å². The van der Waals surface area contributed by atoms with Gasteiger partial charge in [0.15, 0.2) is 0 Å². The highest BCUT2D eigenvalue weighted by atomic mass is 16.2. The van der Waals surface area contributed by atoms with Crippen molar-refractivity contribution in [3.63, 3.8) is 0 Å². The van der Waals surface area contributed by atoms with Gasteiger partial charge in [-0.2, -0.15) is 0 Å². The van der Waals surface area contributed by atoms with Crippen LogP contribution in [0.25, 0.3) is 0 Å². The molecule has 254 valence electrons. The molecule has 0 saturated carbocycles. The minimum Gasteiger partial charge on any atom is -0.338 e. The Balaban J connectivity index is 1.07. The van der Waals surface area contributed by atoms with Gasteiger partial charge in [-0.25, -0.2) is 9.59 Å². The predicted octanol–water partition coefficient (Wildman–Crippen LogP) is 3.97. The zero-order valence-electron chi connectivity index (χ0n) is 28.5. The van der Waals surface area contributed by atoms with Crippen LogP contribution in [-0.2, 0) is 24.1 Å². The number of hydrogen-bond acceptors (Lipinski definition) is 5. The molecule has 0 spiro atoms. The fraction of sp³-hybridized carbons (Fsp3) is 0.595. The van der Waals surface area contributed by atoms with Crippen LogP contribution in [0.1, 0.15) is 54.9 Å². The second-order valence-electron chi connectivity index (χ2n) is 14.0. The number of para-hydroxylation sites is 1. The van der Waals surface area contributed by atoms with Gasteiger partial charge in [0.2, 0.25) is 5.91 Å². The van der Waals surface area contributed by atoms with Crippen molar-refractivity contribution in [1.29, 1.82) is 0 Å². The summed E-state index contributed by atoms with van der Waals surface area (Å²) in [6.45, 7) is 11.4. The fourth-order valence-corrected chi connectivity index (χ4v) is 7.96. The average molecular weight is 644 g/mol. The van der Waals surface area contributed by atoms with Crippen molar-refractivity contribution < 1.29 is 14.4 Å². The molecule has 4 aliphatic heterocycles. The third-order valence-electron chi connectivity index (χ3n) is 11.0. The van der Waals surface area contributed by atoms with Crippen LogP contribution < -0.4 is 10.6 Å². The summed E-state index contributed by atoms with van der Waals surface area (Å²) in [5, 5.41) is 6.25. The number of benzene rings is 2. The predicted molar refractivity (Wildman–Crippen MR) is 186 cm³/mol. The van der Waals surface area contributed by atoms with E-state index < -0.39 is 6.04 Å². The van der Waals surface area contributed by atoms with Crippen LogP contribution in [0.5, 0.6) is 0 Å². The lowest BCUT2D eigenvalue weighted by Crippen LogP contribution is -2.59. The van der Waals surface area contributed by atoms with Crippen molar-refractivity contribution >= 4 is 23.7 Å². The Bertz CT molecular complexity index is 1410. The molecule has 4 aliphatic rings. The van der Waals surface area contributed by atoms with E-state index in [1.807, 2.05) is 32.9 Å². The lowest BCUT2D eigenvalue weighted by atomic mass is 9.98. The molecule has 5 amide bonds. The second kappa shape index (κ2) is 15.1. The second-order valence-corrected chi connectivity index (χ2v) is 14.0. The Morgan fingerprint density at radius 3 is 2.28 bits per heavy atom. The van der Waals surface area contributed by atoms with Gasteiger partial charge in [0.1, 0.15) is 6.04 Å². The summed E-state index contributed by atoms with van der Waals surface area (Å²) in [5.41, 5.74) is 5.62. The number of carbonyl (C=O) groups is 3. The van der Waals surface area contributed by atoms with E-state index in [1.165, 1.54) is 24.0 Å². The molecule has 0 aliphatic carbocycles. The number of rotatable bonds is 7. The number of hydrogen-bond donors (Lipinski definition) is 2. The average Bonchev–Trinajstić information content (AvgIpc) is 3.26. The monoisotopic (exact) mass is 643 g/mol. The third kappa shape index (κ3) is 7.92. The van der Waals surface area contributed by atoms with E-state index in [-0.39, 0.29) is 24.0 Å². The van der Waals surface area contributed by atoms with Crippen molar-refractivity contribution in [1.82, 2.24) is 29.8 Å². The topological polar surface area (TPSA) is 91.5 Å². The first-order valence-electron chi connectivity index (χ1n) is 17.8. The van der Waals surface area contributed by atoms with Gasteiger partial charge in [-0.15, -0.1) is 0 Å². The largest absolute Gasteiger partial charge is 0.338 e. The van der Waals surface area contributed by atoms with Crippen molar-refractivity contribution in [3.8, 4) is 0 Å². The molecule has 6 rings (SSSR count). The van der Waals surface area contributed by atoms with E-state index >= 15 is 0 Å². The standard InChI is InChI=1S/C37H53N7O3/c1-4-29-10-9-28(25-27(29)2)26-34(35(45)42-23-21-41(22-24-42)31-12-16-40(3)17-13-31)39-36(46)43-18-14-32(15-19-43)44-20-11-30-7-5-6-8-33(30)38-37(44)47/h5-10,25,31-32,34H,4,11-24,26H2,1-3H3,(H,38,47)(H,39,46)/t34-/m1/s1. The van der Waals surface area contributed by atoms with Crippen molar-refractivity contribution in [2.75, 3.05) is 71.3 Å². The summed E-state index contributed by atoms with van der Waals surface area (Å²) in [6, 6.07) is 14.2. The molecule has 0 radical (unpaired) electrons. The van der Waals surface area contributed by atoms with E-state index in [0.29, 0.717) is 58.0 Å². The highest BCUT2D eigenvalue weighted by Crippen LogP contribution is 2.25. The molecule has 0 aromatic heterocycles. The van der Waals surface area contributed by atoms with Gasteiger partial charge in [-0.3, -0.25) is 9.69 Å². The number of anilines is 1. The Morgan fingerprint density at radius 1 is 0.872 bits per heavy atom. The molecular weight excluding hydrogens is 590 g/mol. The minimum absolute atomic E-state index is 0.00860. The molecule has 10 nitrogen and oxygen atoms in total. The van der Waals surface area contributed by atoms with Gasteiger partial charge in [0.05, 0.1) is 0 Å². The Hall–Kier alpha value is -3.63. The summed E-state index contributed by atoms with van der Waals surface area (Å²) in [7, 11) is 2.19. The van der Waals surface area contributed by atoms with E-state index in [1.54, 1.807) is 0 Å². The molecule has 2 N–H and O–H groups in total. The minimum atomic E-state index is -0.628. The first-order valence-corrected chi connectivity index (χ1v) is 17.8. The van der Waals surface area contributed by atoms with Gasteiger partial charge in [0.25, 0.3) is 0 Å². The van der Waals surface area contributed by atoms with Crippen molar-refractivity contribution in [2.45, 2.75) is 76.9 Å². The Morgan fingerprint density at radius 2 is 1.57 bits per heavy atom. The van der Waals surface area contributed by atoms with Crippen LogP contribution in [0, 0.1) is 6.92 Å². The summed E-state index contributed by atoms with van der Waals surface area (Å²) in [6.07, 6.45) is 6.04. The van der Waals surface area contributed by atoms with Gasteiger partial charge < -0.3 is 30.2 Å². The maximum absolute atomic E-state index is 14.1. The van der Waals surface area contributed by atoms with Gasteiger partial charge in [-0.05, 0) is 93.9 Å². The Labute approximate surface area is 280 Å². The maximum atomic E-state index is 14.1. The van der Waals surface area contributed by atoms with Crippen LogP contribution in [0.4, 0.5) is 15.3 Å². The lowest BCUT2D eigenvalue weighted by Gasteiger charge is -2.43. The molecule has 1 atom stereocenters. The molecule has 3 saturated heterocycles. The van der Waals surface area contributed by atoms with E-state index in [4.69, 9.17) is 0 Å². The van der Waals surface area contributed by atoms with Crippen LogP contribution in [0.3, 0.4) is 0 Å². The summed E-state index contributed by atoms with van der Waals surface area (Å²) in [4.78, 5) is 51.6. The summed E-state index contributed by atoms with van der Waals surface area (Å²) in [5.74, 6) is 0.00860. The SMILES string of the molecule is CCc1ccc(C[C@@H](NC(=O)N2CCC(N3CCc4ccccc4NC3=O)CC2)C(=O)N2CCN(C3CCN(C)CC3)CC2)cc1C. The normalized spacial score (nSPS) is 21.2. The number of amides is 5. The molecule has 0 bridgehead atoms. The molecule has 47 heavy (non-hydrogen) atoms. The molecule has 2 aromatic rings. The number of likely N-dealkylation sites (tertiary alicyclic amines) is 2. The molecule has 0 unspecified atom stereocenters. The van der Waals surface area contributed by atoms with Crippen LogP contribution in [0.15, 0.2) is 42.5 Å². The number of fused-ring (bicyclic) bond motifs is 1. The summed E-state index contributed by atoms with van der Waals surface area (Å²) < 4.78 is 0. The van der Waals surface area contributed by atoms with Gasteiger partial charge >= 0.3 is 12.1 Å². The molecular formula is C37H53N7O3. The van der Waals surface area contributed by atoms with Crippen LogP contribution >= 0.6 is 0 Å². The summed E-state index contributed by atoms with van der Waals surface area (Å²) >= 11 is 0. The van der Waals surface area contributed by atoms with Gasteiger partial charge in [0, 0.05) is 70.0 Å². The molecule has 2 aromatic carbocycles. The molecule has 3 fully saturated rings. The maximum Gasteiger partial charge on any atom is 0.322 e. The number of urea groups is 2. The number of piperidine rings is 2. The number of piperazine rings is 1.